The van der Waals surface area contributed by atoms with E-state index in [1.807, 2.05) is 41.0 Å². The molecule has 0 saturated carbocycles. The van der Waals surface area contributed by atoms with E-state index in [4.69, 9.17) is 4.74 Å². The van der Waals surface area contributed by atoms with Crippen LogP contribution in [-0.4, -0.2) is 39.5 Å². The molecular formula is C26H24N4O3S. The Hall–Kier alpha value is -3.91. The van der Waals surface area contributed by atoms with Gasteiger partial charge >= 0.3 is 5.97 Å². The van der Waals surface area contributed by atoms with E-state index < -0.39 is 5.97 Å². The van der Waals surface area contributed by atoms with E-state index in [2.05, 4.69) is 39.8 Å². The number of hydrogen-bond donors (Lipinski definition) is 1. The number of amides is 1. The summed E-state index contributed by atoms with van der Waals surface area (Å²) in [6, 6.07) is 26.9. The van der Waals surface area contributed by atoms with Gasteiger partial charge in [-0.15, -0.1) is 10.2 Å². The molecule has 0 aliphatic heterocycles. The summed E-state index contributed by atoms with van der Waals surface area (Å²) < 4.78 is 6.84. The fourth-order valence-electron chi connectivity index (χ4n) is 3.46. The Balaban J connectivity index is 1.50. The Labute approximate surface area is 202 Å². The molecule has 3 aromatic carbocycles. The molecule has 8 heteroatoms. The van der Waals surface area contributed by atoms with E-state index in [9.17, 15) is 9.59 Å². The van der Waals surface area contributed by atoms with Crippen LogP contribution in [0.2, 0.25) is 0 Å². The molecule has 1 amide bonds. The highest BCUT2D eigenvalue weighted by atomic mass is 32.2. The fourth-order valence-corrected chi connectivity index (χ4v) is 4.21. The molecule has 0 fully saturated rings. The van der Waals surface area contributed by atoms with Crippen molar-refractivity contribution < 1.29 is 14.3 Å². The molecular weight excluding hydrogens is 448 g/mol. The van der Waals surface area contributed by atoms with Crippen LogP contribution in [0.1, 0.15) is 27.3 Å². The predicted octanol–water partition coefficient (Wildman–Crippen LogP) is 4.43. The number of esters is 1. The zero-order valence-corrected chi connectivity index (χ0v) is 19.5. The Morgan fingerprint density at radius 1 is 0.882 bits per heavy atom. The van der Waals surface area contributed by atoms with Crippen LogP contribution in [0.3, 0.4) is 0 Å². The quantitative estimate of drug-likeness (QED) is 0.286. The number of carbonyl (C=O) groups is 2. The van der Waals surface area contributed by atoms with E-state index >= 15 is 0 Å². The highest BCUT2D eigenvalue weighted by Crippen LogP contribution is 2.22. The zero-order valence-electron chi connectivity index (χ0n) is 18.7. The van der Waals surface area contributed by atoms with Crippen molar-refractivity contribution >= 4 is 29.3 Å². The van der Waals surface area contributed by atoms with Gasteiger partial charge in [-0.1, -0.05) is 84.6 Å². The predicted molar refractivity (Wildman–Crippen MR) is 132 cm³/mol. The van der Waals surface area contributed by atoms with Crippen molar-refractivity contribution in [3.63, 3.8) is 0 Å². The topological polar surface area (TPSA) is 86.1 Å². The Morgan fingerprint density at radius 2 is 1.53 bits per heavy atom. The molecule has 172 valence electrons. The molecule has 7 nitrogen and oxygen atoms in total. The van der Waals surface area contributed by atoms with Gasteiger partial charge in [0.1, 0.15) is 5.82 Å². The summed E-state index contributed by atoms with van der Waals surface area (Å²) in [6.07, 6.45) is 0.639. The largest absolute Gasteiger partial charge is 0.465 e. The normalized spacial score (nSPS) is 10.6. The lowest BCUT2D eigenvalue weighted by atomic mass is 10.1. The molecule has 34 heavy (non-hydrogen) atoms. The second-order valence-corrected chi connectivity index (χ2v) is 8.45. The zero-order chi connectivity index (χ0) is 23.8. The summed E-state index contributed by atoms with van der Waals surface area (Å²) in [5.41, 5.74) is 2.98. The van der Waals surface area contributed by atoms with Crippen LogP contribution in [0.5, 0.6) is 0 Å². The SMILES string of the molecule is COC(=O)c1ccccc1NC(=O)CSc1nnc(Cc2ccccc2)n1Cc1ccccc1. The molecule has 1 N–H and O–H groups in total. The smallest absolute Gasteiger partial charge is 0.339 e. The standard InChI is InChI=1S/C26H24N4O3S/c1-33-25(32)21-14-8-9-15-22(21)27-24(31)18-34-26-29-28-23(16-19-10-4-2-5-11-19)30(26)17-20-12-6-3-7-13-20/h2-15H,16-18H2,1H3,(H,27,31). The minimum Gasteiger partial charge on any atom is -0.465 e. The first-order chi connectivity index (χ1) is 16.6. The number of para-hydroxylation sites is 1. The average Bonchev–Trinajstić information content (AvgIpc) is 3.24. The van der Waals surface area contributed by atoms with Crippen LogP contribution < -0.4 is 5.32 Å². The van der Waals surface area contributed by atoms with Crippen LogP contribution >= 0.6 is 11.8 Å². The Bertz CT molecular complexity index is 1260. The fraction of sp³-hybridized carbons (Fsp3) is 0.154. The number of methoxy groups -OCH3 is 1. The molecule has 0 saturated heterocycles. The summed E-state index contributed by atoms with van der Waals surface area (Å²) in [7, 11) is 1.31. The number of carbonyl (C=O) groups excluding carboxylic acids is 2. The molecule has 1 aromatic heterocycles. The Kier molecular flexibility index (Phi) is 7.72. The van der Waals surface area contributed by atoms with Crippen molar-refractivity contribution in [2.24, 2.45) is 0 Å². The van der Waals surface area contributed by atoms with Gasteiger partial charge in [-0.3, -0.25) is 4.79 Å². The number of nitrogens with one attached hydrogen (secondary N) is 1. The number of ether oxygens (including phenoxy) is 1. The van der Waals surface area contributed by atoms with Crippen molar-refractivity contribution in [2.45, 2.75) is 18.1 Å². The van der Waals surface area contributed by atoms with Crippen LogP contribution in [-0.2, 0) is 22.5 Å². The summed E-state index contributed by atoms with van der Waals surface area (Å²) >= 11 is 1.31. The number of nitrogens with zero attached hydrogens (tertiary/aromatic N) is 3. The summed E-state index contributed by atoms with van der Waals surface area (Å²) in [5.74, 6) is 0.194. The minimum absolute atomic E-state index is 0.119. The average molecular weight is 473 g/mol. The van der Waals surface area contributed by atoms with E-state index in [0.717, 1.165) is 17.0 Å². The van der Waals surface area contributed by atoms with Crippen LogP contribution in [0.15, 0.2) is 90.1 Å². The number of thioether (sulfide) groups is 1. The van der Waals surface area contributed by atoms with E-state index in [1.165, 1.54) is 18.9 Å². The maximum absolute atomic E-state index is 12.7. The van der Waals surface area contributed by atoms with Gasteiger partial charge in [0.05, 0.1) is 30.7 Å². The molecule has 0 unspecified atom stereocenters. The third-order valence-corrected chi connectivity index (χ3v) is 6.09. The molecule has 0 bridgehead atoms. The van der Waals surface area contributed by atoms with Gasteiger partial charge in [-0.25, -0.2) is 4.79 Å². The van der Waals surface area contributed by atoms with Crippen molar-refractivity contribution in [2.75, 3.05) is 18.2 Å². The van der Waals surface area contributed by atoms with E-state index in [-0.39, 0.29) is 11.7 Å². The molecule has 0 aliphatic rings. The summed E-state index contributed by atoms with van der Waals surface area (Å²) in [5, 5.41) is 12.2. The van der Waals surface area contributed by atoms with Crippen LogP contribution in [0, 0.1) is 0 Å². The number of benzene rings is 3. The number of hydrogen-bond acceptors (Lipinski definition) is 6. The lowest BCUT2D eigenvalue weighted by Gasteiger charge is -2.11. The highest BCUT2D eigenvalue weighted by Gasteiger charge is 2.17. The van der Waals surface area contributed by atoms with Crippen LogP contribution in [0.25, 0.3) is 0 Å². The third kappa shape index (κ3) is 5.90. The highest BCUT2D eigenvalue weighted by molar-refractivity contribution is 7.99. The molecule has 0 radical (unpaired) electrons. The molecule has 0 spiro atoms. The van der Waals surface area contributed by atoms with Gasteiger partial charge in [0.15, 0.2) is 5.16 Å². The van der Waals surface area contributed by atoms with Crippen molar-refractivity contribution in [3.8, 4) is 0 Å². The van der Waals surface area contributed by atoms with Crippen molar-refractivity contribution in [1.29, 1.82) is 0 Å². The first kappa shape index (κ1) is 23.3. The number of aromatic nitrogens is 3. The maximum atomic E-state index is 12.7. The first-order valence-corrected chi connectivity index (χ1v) is 11.7. The third-order valence-electron chi connectivity index (χ3n) is 5.12. The number of anilines is 1. The lowest BCUT2D eigenvalue weighted by molar-refractivity contribution is -0.113. The minimum atomic E-state index is -0.503. The molecule has 4 aromatic rings. The van der Waals surface area contributed by atoms with Crippen LogP contribution in [0.4, 0.5) is 5.69 Å². The number of rotatable bonds is 9. The molecule has 0 aliphatic carbocycles. The van der Waals surface area contributed by atoms with Gasteiger partial charge < -0.3 is 14.6 Å². The van der Waals surface area contributed by atoms with Gasteiger partial charge in [-0.2, -0.15) is 0 Å². The van der Waals surface area contributed by atoms with E-state index in [0.29, 0.717) is 29.4 Å². The Morgan fingerprint density at radius 3 is 2.24 bits per heavy atom. The van der Waals surface area contributed by atoms with Gasteiger partial charge in [0, 0.05) is 6.42 Å². The monoisotopic (exact) mass is 472 g/mol. The van der Waals surface area contributed by atoms with Gasteiger partial charge in [0.25, 0.3) is 0 Å². The first-order valence-electron chi connectivity index (χ1n) is 10.7. The maximum Gasteiger partial charge on any atom is 0.339 e. The second kappa shape index (κ2) is 11.3. The lowest BCUT2D eigenvalue weighted by Crippen LogP contribution is -2.17. The summed E-state index contributed by atoms with van der Waals surface area (Å²) in [6.45, 7) is 0.602. The van der Waals surface area contributed by atoms with Gasteiger partial charge in [0.2, 0.25) is 5.91 Å². The van der Waals surface area contributed by atoms with Crippen molar-refractivity contribution in [1.82, 2.24) is 14.8 Å². The molecule has 4 rings (SSSR count). The second-order valence-electron chi connectivity index (χ2n) is 7.51. The van der Waals surface area contributed by atoms with Gasteiger partial charge in [-0.05, 0) is 23.3 Å². The van der Waals surface area contributed by atoms with Crippen molar-refractivity contribution in [3.05, 3.63) is 107 Å². The molecule has 0 atom stereocenters. The van der Waals surface area contributed by atoms with E-state index in [1.54, 1.807) is 24.3 Å². The summed E-state index contributed by atoms with van der Waals surface area (Å²) in [4.78, 5) is 24.6. The molecule has 1 heterocycles.